The number of carboxylic acids is 1. The molecule has 0 atom stereocenters. The predicted octanol–water partition coefficient (Wildman–Crippen LogP) is 4.30. The van der Waals surface area contributed by atoms with Gasteiger partial charge in [-0.3, -0.25) is 4.79 Å². The number of rotatable bonds is 8. The summed E-state index contributed by atoms with van der Waals surface area (Å²) in [6.07, 6.45) is 0.584. The summed E-state index contributed by atoms with van der Waals surface area (Å²) < 4.78 is 11.6. The summed E-state index contributed by atoms with van der Waals surface area (Å²) in [5.74, 6) is 0.533. The van der Waals surface area contributed by atoms with Crippen LogP contribution in [0.1, 0.15) is 35.6 Å². The van der Waals surface area contributed by atoms with E-state index in [1.807, 2.05) is 25.1 Å². The van der Waals surface area contributed by atoms with Gasteiger partial charge in [0.15, 0.2) is 11.5 Å². The largest absolute Gasteiger partial charge is 0.490 e. The van der Waals surface area contributed by atoms with Gasteiger partial charge in [-0.25, -0.2) is 0 Å². The van der Waals surface area contributed by atoms with Crippen LogP contribution in [0.25, 0.3) is 0 Å². The molecule has 0 spiro atoms. The van der Waals surface area contributed by atoms with Crippen molar-refractivity contribution in [3.05, 3.63) is 58.7 Å². The number of benzene rings is 2. The van der Waals surface area contributed by atoms with Crippen molar-refractivity contribution in [3.63, 3.8) is 0 Å². The molecule has 0 saturated carbocycles. The number of hydrogen-bond donors (Lipinski definition) is 1. The van der Waals surface area contributed by atoms with E-state index in [4.69, 9.17) is 14.6 Å². The van der Waals surface area contributed by atoms with E-state index in [1.165, 1.54) is 11.1 Å². The van der Waals surface area contributed by atoms with Gasteiger partial charge >= 0.3 is 5.97 Å². The number of ether oxygens (including phenoxy) is 2. The highest BCUT2D eigenvalue weighted by Crippen LogP contribution is 2.30. The van der Waals surface area contributed by atoms with Gasteiger partial charge in [0, 0.05) is 6.42 Å². The van der Waals surface area contributed by atoms with Crippen molar-refractivity contribution in [2.24, 2.45) is 0 Å². The molecule has 0 aromatic heterocycles. The summed E-state index contributed by atoms with van der Waals surface area (Å²) in [6.45, 7) is 7.05. The van der Waals surface area contributed by atoms with Crippen LogP contribution in [0.2, 0.25) is 0 Å². The lowest BCUT2D eigenvalue weighted by Gasteiger charge is -2.14. The topological polar surface area (TPSA) is 55.8 Å². The number of carboxylic acid groups (broad SMARTS) is 1. The second-order valence-corrected chi connectivity index (χ2v) is 5.83. The maximum absolute atomic E-state index is 10.7. The van der Waals surface area contributed by atoms with Gasteiger partial charge in [-0.1, -0.05) is 29.8 Å². The Kier molecular flexibility index (Phi) is 6.24. The zero-order chi connectivity index (χ0) is 17.5. The molecule has 0 saturated heterocycles. The quantitative estimate of drug-likeness (QED) is 0.785. The van der Waals surface area contributed by atoms with Gasteiger partial charge in [0.2, 0.25) is 0 Å². The van der Waals surface area contributed by atoms with Crippen molar-refractivity contribution in [2.75, 3.05) is 6.61 Å². The van der Waals surface area contributed by atoms with Gasteiger partial charge in [0.05, 0.1) is 6.61 Å². The predicted molar refractivity (Wildman–Crippen MR) is 93.8 cm³/mol. The van der Waals surface area contributed by atoms with Gasteiger partial charge in [0.1, 0.15) is 6.61 Å². The number of aryl methyl sites for hydroxylation is 3. The molecule has 24 heavy (non-hydrogen) atoms. The summed E-state index contributed by atoms with van der Waals surface area (Å²) in [5, 5.41) is 8.80. The first-order valence-corrected chi connectivity index (χ1v) is 8.16. The van der Waals surface area contributed by atoms with Crippen LogP contribution < -0.4 is 9.47 Å². The molecule has 0 aliphatic heterocycles. The molecule has 4 heteroatoms. The molecule has 1 N–H and O–H groups in total. The Hall–Kier alpha value is -2.49. The van der Waals surface area contributed by atoms with Crippen LogP contribution in [0.4, 0.5) is 0 Å². The highest BCUT2D eigenvalue weighted by molar-refractivity contribution is 5.67. The molecule has 2 aromatic rings. The van der Waals surface area contributed by atoms with Gasteiger partial charge in [0.25, 0.3) is 0 Å². The van der Waals surface area contributed by atoms with Crippen LogP contribution >= 0.6 is 0 Å². The molecule has 0 radical (unpaired) electrons. The third-order valence-electron chi connectivity index (χ3n) is 3.82. The highest BCUT2D eigenvalue weighted by Gasteiger charge is 2.09. The molecular formula is C20H24O4. The molecular weight excluding hydrogens is 304 g/mol. The zero-order valence-corrected chi connectivity index (χ0v) is 14.5. The van der Waals surface area contributed by atoms with E-state index in [0.717, 1.165) is 11.1 Å². The molecule has 0 amide bonds. The van der Waals surface area contributed by atoms with E-state index >= 15 is 0 Å². The Labute approximate surface area is 143 Å². The Morgan fingerprint density at radius 1 is 1.04 bits per heavy atom. The maximum Gasteiger partial charge on any atom is 0.303 e. The van der Waals surface area contributed by atoms with Gasteiger partial charge in [-0.05, 0) is 56.0 Å². The molecule has 0 unspecified atom stereocenters. The molecule has 128 valence electrons. The molecule has 2 rings (SSSR count). The summed E-state index contributed by atoms with van der Waals surface area (Å²) in [6, 6.07) is 11.9. The monoisotopic (exact) mass is 328 g/mol. The first kappa shape index (κ1) is 17.9. The fourth-order valence-corrected chi connectivity index (χ4v) is 2.46. The van der Waals surface area contributed by atoms with Crippen molar-refractivity contribution in [1.29, 1.82) is 0 Å². The van der Waals surface area contributed by atoms with Gasteiger partial charge < -0.3 is 14.6 Å². The zero-order valence-electron chi connectivity index (χ0n) is 14.5. The summed E-state index contributed by atoms with van der Waals surface area (Å²) in [5.41, 5.74) is 4.47. The van der Waals surface area contributed by atoms with Crippen LogP contribution in [0.15, 0.2) is 36.4 Å². The summed E-state index contributed by atoms with van der Waals surface area (Å²) in [4.78, 5) is 10.7. The lowest BCUT2D eigenvalue weighted by atomic mass is 10.1. The van der Waals surface area contributed by atoms with E-state index in [0.29, 0.717) is 31.1 Å². The average molecular weight is 328 g/mol. The molecule has 0 bridgehead atoms. The average Bonchev–Trinajstić information content (AvgIpc) is 2.55. The first-order valence-electron chi connectivity index (χ1n) is 8.16. The molecule has 0 fully saturated rings. The van der Waals surface area contributed by atoms with Crippen molar-refractivity contribution in [1.82, 2.24) is 0 Å². The lowest BCUT2D eigenvalue weighted by molar-refractivity contribution is -0.136. The number of hydrogen-bond acceptors (Lipinski definition) is 3. The third kappa shape index (κ3) is 5.01. The molecule has 0 aliphatic rings. The van der Waals surface area contributed by atoms with E-state index in [9.17, 15) is 4.79 Å². The Morgan fingerprint density at radius 2 is 1.83 bits per heavy atom. The van der Waals surface area contributed by atoms with Crippen molar-refractivity contribution < 1.29 is 19.4 Å². The number of carbonyl (C=O) groups is 1. The van der Waals surface area contributed by atoms with Crippen molar-refractivity contribution in [2.45, 2.75) is 40.2 Å². The maximum atomic E-state index is 10.7. The van der Waals surface area contributed by atoms with Gasteiger partial charge in [-0.2, -0.15) is 0 Å². The van der Waals surface area contributed by atoms with Crippen molar-refractivity contribution >= 4 is 5.97 Å². The molecule has 0 aliphatic carbocycles. The smallest absolute Gasteiger partial charge is 0.303 e. The Morgan fingerprint density at radius 3 is 2.54 bits per heavy atom. The molecule has 2 aromatic carbocycles. The van der Waals surface area contributed by atoms with E-state index in [2.05, 4.69) is 32.0 Å². The van der Waals surface area contributed by atoms with Crippen LogP contribution in [-0.2, 0) is 17.8 Å². The Bertz CT molecular complexity index is 707. The minimum Gasteiger partial charge on any atom is -0.490 e. The fraction of sp³-hybridized carbons (Fsp3) is 0.350. The standard InChI is InChI=1S/C20H24O4/c1-4-23-19-12-16(8-10-20(21)22)7-9-18(19)24-13-17-11-14(2)5-6-15(17)3/h5-7,9,11-12H,4,8,10,13H2,1-3H3,(H,21,22). The lowest BCUT2D eigenvalue weighted by Crippen LogP contribution is -2.03. The summed E-state index contributed by atoms with van der Waals surface area (Å²) >= 11 is 0. The molecule has 0 heterocycles. The highest BCUT2D eigenvalue weighted by atomic mass is 16.5. The Balaban J connectivity index is 2.13. The van der Waals surface area contributed by atoms with Gasteiger partial charge in [-0.15, -0.1) is 0 Å². The van der Waals surface area contributed by atoms with E-state index < -0.39 is 5.97 Å². The fourth-order valence-electron chi connectivity index (χ4n) is 2.46. The normalized spacial score (nSPS) is 10.5. The van der Waals surface area contributed by atoms with Crippen molar-refractivity contribution in [3.8, 4) is 11.5 Å². The van der Waals surface area contributed by atoms with Crippen LogP contribution in [-0.4, -0.2) is 17.7 Å². The first-order chi connectivity index (χ1) is 11.5. The van der Waals surface area contributed by atoms with E-state index in [-0.39, 0.29) is 6.42 Å². The number of aliphatic carboxylic acids is 1. The third-order valence-corrected chi connectivity index (χ3v) is 3.82. The van der Waals surface area contributed by atoms with E-state index in [1.54, 1.807) is 0 Å². The minimum absolute atomic E-state index is 0.105. The molecule has 4 nitrogen and oxygen atoms in total. The second-order valence-electron chi connectivity index (χ2n) is 5.83. The minimum atomic E-state index is -0.803. The SMILES string of the molecule is CCOc1cc(CCC(=O)O)ccc1OCc1cc(C)ccc1C. The van der Waals surface area contributed by atoms with Crippen LogP contribution in [0.5, 0.6) is 11.5 Å². The van der Waals surface area contributed by atoms with Crippen LogP contribution in [0, 0.1) is 13.8 Å². The second kappa shape index (κ2) is 8.39. The summed E-state index contributed by atoms with van der Waals surface area (Å²) in [7, 11) is 0. The van der Waals surface area contributed by atoms with Crippen LogP contribution in [0.3, 0.4) is 0 Å².